The Morgan fingerprint density at radius 2 is 1.79 bits per heavy atom. The summed E-state index contributed by atoms with van der Waals surface area (Å²) in [6, 6.07) is 0.222. The Bertz CT molecular complexity index is 1210. The van der Waals surface area contributed by atoms with Crippen molar-refractivity contribution in [2.75, 3.05) is 23.3 Å². The van der Waals surface area contributed by atoms with E-state index in [1.165, 1.54) is 51.4 Å². The summed E-state index contributed by atoms with van der Waals surface area (Å²) in [7, 11) is 0. The highest BCUT2D eigenvalue weighted by Gasteiger charge is 2.35. The number of carbonyl (C=O) groups is 1. The predicted octanol–water partition coefficient (Wildman–Crippen LogP) is 5.58. The van der Waals surface area contributed by atoms with Gasteiger partial charge >= 0.3 is 5.97 Å². The summed E-state index contributed by atoms with van der Waals surface area (Å²) in [5.41, 5.74) is 1.36. The minimum Gasteiger partial charge on any atom is -0.475 e. The molecule has 6 rings (SSSR count). The molecule has 0 radical (unpaired) electrons. The second kappa shape index (κ2) is 10.7. The minimum atomic E-state index is -1.11. The van der Waals surface area contributed by atoms with Gasteiger partial charge in [0, 0.05) is 31.6 Å². The number of aromatic nitrogens is 4. The van der Waals surface area contributed by atoms with Crippen molar-refractivity contribution in [3.63, 3.8) is 0 Å². The van der Waals surface area contributed by atoms with Gasteiger partial charge in [0.15, 0.2) is 11.5 Å². The van der Waals surface area contributed by atoms with E-state index in [-0.39, 0.29) is 11.9 Å². The SMILES string of the molecule is C#CC1CCC(Cn2c(N3CCC4CCCCC4C3)nc3nc(C(=O)O)nc(N[C@H](C)C4CCC4)c32)CC1. The average Bonchev–Trinajstić information content (AvgIpc) is 3.26. The zero-order valence-corrected chi connectivity index (χ0v) is 22.7. The van der Waals surface area contributed by atoms with Gasteiger partial charge in [-0.2, -0.15) is 4.98 Å². The molecule has 1 saturated heterocycles. The first-order valence-electron chi connectivity index (χ1n) is 15.0. The van der Waals surface area contributed by atoms with Crippen molar-refractivity contribution >= 4 is 28.9 Å². The van der Waals surface area contributed by atoms with Gasteiger partial charge in [0.25, 0.3) is 0 Å². The summed E-state index contributed by atoms with van der Waals surface area (Å²) in [6.45, 7) is 5.05. The number of carboxylic acid groups (broad SMARTS) is 1. The van der Waals surface area contributed by atoms with E-state index in [0.717, 1.165) is 62.7 Å². The fraction of sp³-hybridized carbons (Fsp3) is 0.733. The topological polar surface area (TPSA) is 96.2 Å². The van der Waals surface area contributed by atoms with E-state index in [1.54, 1.807) is 0 Å². The van der Waals surface area contributed by atoms with Gasteiger partial charge in [-0.15, -0.1) is 12.3 Å². The van der Waals surface area contributed by atoms with Gasteiger partial charge in [0.2, 0.25) is 11.8 Å². The molecule has 2 unspecified atom stereocenters. The number of anilines is 2. The predicted molar refractivity (Wildman–Crippen MR) is 149 cm³/mol. The third-order valence-corrected chi connectivity index (χ3v) is 10.1. The molecule has 4 fully saturated rings. The van der Waals surface area contributed by atoms with Crippen molar-refractivity contribution in [2.45, 2.75) is 96.6 Å². The van der Waals surface area contributed by atoms with Gasteiger partial charge in [-0.25, -0.2) is 14.8 Å². The number of rotatable bonds is 7. The molecule has 0 aromatic carbocycles. The number of piperidine rings is 1. The lowest BCUT2D eigenvalue weighted by Gasteiger charge is -2.42. The summed E-state index contributed by atoms with van der Waals surface area (Å²) >= 11 is 0. The first-order valence-corrected chi connectivity index (χ1v) is 15.0. The fourth-order valence-corrected chi connectivity index (χ4v) is 7.46. The van der Waals surface area contributed by atoms with Crippen LogP contribution in [0.4, 0.5) is 11.8 Å². The second-order valence-electron chi connectivity index (χ2n) is 12.4. The molecule has 2 aromatic rings. The Morgan fingerprint density at radius 1 is 1.03 bits per heavy atom. The molecule has 4 aliphatic rings. The molecule has 0 amide bonds. The molecule has 3 aliphatic carbocycles. The molecule has 204 valence electrons. The lowest BCUT2D eigenvalue weighted by atomic mass is 9.75. The van der Waals surface area contributed by atoms with Crippen molar-refractivity contribution in [3.05, 3.63) is 5.82 Å². The van der Waals surface area contributed by atoms with Crippen LogP contribution in [0.1, 0.15) is 94.6 Å². The van der Waals surface area contributed by atoms with Crippen LogP contribution in [0.2, 0.25) is 0 Å². The van der Waals surface area contributed by atoms with Crippen LogP contribution in [0.3, 0.4) is 0 Å². The van der Waals surface area contributed by atoms with Gasteiger partial charge in [-0.3, -0.25) is 0 Å². The van der Waals surface area contributed by atoms with Gasteiger partial charge in [0.1, 0.15) is 5.52 Å². The van der Waals surface area contributed by atoms with E-state index in [9.17, 15) is 9.90 Å². The Labute approximate surface area is 226 Å². The first-order chi connectivity index (χ1) is 18.5. The average molecular weight is 519 g/mol. The monoisotopic (exact) mass is 518 g/mol. The number of hydrogen-bond donors (Lipinski definition) is 2. The Kier molecular flexibility index (Phi) is 7.20. The van der Waals surface area contributed by atoms with Crippen molar-refractivity contribution in [3.8, 4) is 12.3 Å². The number of fused-ring (bicyclic) bond motifs is 2. The van der Waals surface area contributed by atoms with Crippen LogP contribution in [-0.4, -0.2) is 49.7 Å². The highest BCUT2D eigenvalue weighted by Crippen LogP contribution is 2.40. The summed E-state index contributed by atoms with van der Waals surface area (Å²) in [5.74, 6) is 6.26. The van der Waals surface area contributed by atoms with Crippen molar-refractivity contribution < 1.29 is 9.90 Å². The van der Waals surface area contributed by atoms with Gasteiger partial charge in [-0.1, -0.05) is 25.7 Å². The van der Waals surface area contributed by atoms with Crippen LogP contribution in [0.5, 0.6) is 0 Å². The first kappa shape index (κ1) is 25.5. The highest BCUT2D eigenvalue weighted by atomic mass is 16.4. The number of aromatic carboxylic acids is 1. The van der Waals surface area contributed by atoms with E-state index < -0.39 is 5.97 Å². The molecule has 0 bridgehead atoms. The van der Waals surface area contributed by atoms with E-state index in [2.05, 4.69) is 37.6 Å². The van der Waals surface area contributed by atoms with Crippen LogP contribution in [0.25, 0.3) is 11.2 Å². The van der Waals surface area contributed by atoms with Gasteiger partial charge in [-0.05, 0) is 82.0 Å². The van der Waals surface area contributed by atoms with Crippen molar-refractivity contribution in [1.29, 1.82) is 0 Å². The smallest absolute Gasteiger partial charge is 0.374 e. The summed E-state index contributed by atoms with van der Waals surface area (Å²) in [6.07, 6.45) is 20.3. The third-order valence-electron chi connectivity index (χ3n) is 10.1. The van der Waals surface area contributed by atoms with E-state index in [0.29, 0.717) is 35.1 Å². The molecule has 38 heavy (non-hydrogen) atoms. The van der Waals surface area contributed by atoms with E-state index >= 15 is 0 Å². The van der Waals surface area contributed by atoms with Gasteiger partial charge < -0.3 is 19.9 Å². The van der Waals surface area contributed by atoms with E-state index in [4.69, 9.17) is 11.4 Å². The molecule has 8 heteroatoms. The Balaban J connectivity index is 1.39. The zero-order chi connectivity index (χ0) is 26.2. The molecular formula is C30H42N6O2. The van der Waals surface area contributed by atoms with Gasteiger partial charge in [0.05, 0.1) is 0 Å². The maximum Gasteiger partial charge on any atom is 0.374 e. The van der Waals surface area contributed by atoms with Crippen molar-refractivity contribution in [1.82, 2.24) is 19.5 Å². The summed E-state index contributed by atoms with van der Waals surface area (Å²) in [4.78, 5) is 28.5. The molecule has 0 spiro atoms. The number of hydrogen-bond acceptors (Lipinski definition) is 6. The minimum absolute atomic E-state index is 0.183. The standard InChI is InChI=1S/C30H42N6O2/c1-3-20-11-13-21(14-12-20)17-36-25-26(31-19(2)22-9-6-10-22)32-28(29(37)38)33-27(25)34-30(36)35-16-15-23-7-4-5-8-24(23)18-35/h1,19-24H,4-18H2,2H3,(H,37,38)(H,31,32,33)/t19-,20?,21?,23?,24?/m1/s1. The summed E-state index contributed by atoms with van der Waals surface area (Å²) < 4.78 is 2.33. The fourth-order valence-electron chi connectivity index (χ4n) is 7.46. The zero-order valence-electron chi connectivity index (χ0n) is 22.7. The third kappa shape index (κ3) is 4.97. The lowest BCUT2D eigenvalue weighted by Crippen LogP contribution is -2.43. The normalized spacial score (nSPS) is 28.8. The maximum absolute atomic E-state index is 12.0. The molecule has 1 aliphatic heterocycles. The van der Waals surface area contributed by atoms with Crippen LogP contribution in [0, 0.1) is 41.9 Å². The number of terminal acetylenes is 1. The van der Waals surface area contributed by atoms with Crippen LogP contribution in [-0.2, 0) is 6.54 Å². The van der Waals surface area contributed by atoms with Crippen LogP contribution in [0.15, 0.2) is 0 Å². The molecule has 3 atom stereocenters. The number of imidazole rings is 1. The van der Waals surface area contributed by atoms with Crippen LogP contribution < -0.4 is 10.2 Å². The largest absolute Gasteiger partial charge is 0.475 e. The number of carboxylic acids is 1. The van der Waals surface area contributed by atoms with Crippen LogP contribution >= 0.6 is 0 Å². The highest BCUT2D eigenvalue weighted by molar-refractivity contribution is 5.91. The quantitative estimate of drug-likeness (QED) is 0.462. The number of nitrogens with zero attached hydrogens (tertiary/aromatic N) is 5. The van der Waals surface area contributed by atoms with E-state index in [1.807, 2.05) is 0 Å². The molecular weight excluding hydrogens is 476 g/mol. The molecule has 2 N–H and O–H groups in total. The Hall–Kier alpha value is -2.82. The molecule has 3 saturated carbocycles. The lowest BCUT2D eigenvalue weighted by molar-refractivity contribution is 0.0684. The number of nitrogens with one attached hydrogen (secondary N) is 1. The molecule has 3 heterocycles. The second-order valence-corrected chi connectivity index (χ2v) is 12.4. The van der Waals surface area contributed by atoms with Crippen molar-refractivity contribution in [2.24, 2.45) is 29.6 Å². The maximum atomic E-state index is 12.0. The molecule has 2 aromatic heterocycles. The Morgan fingerprint density at radius 3 is 2.47 bits per heavy atom. The summed E-state index contributed by atoms with van der Waals surface area (Å²) in [5, 5.41) is 13.4. The molecule has 8 nitrogen and oxygen atoms in total.